The Kier molecular flexibility index (Phi) is 8.31. The second kappa shape index (κ2) is 10.9. The molecule has 9 nitrogen and oxygen atoms in total. The van der Waals surface area contributed by atoms with Crippen LogP contribution in [0.5, 0.6) is 0 Å². The third-order valence-electron chi connectivity index (χ3n) is 5.46. The summed E-state index contributed by atoms with van der Waals surface area (Å²) in [6.45, 7) is 9.14. The molecule has 0 radical (unpaired) electrons. The van der Waals surface area contributed by atoms with Crippen LogP contribution in [0.15, 0.2) is 21.8 Å². The zero-order chi connectivity index (χ0) is 20.5. The van der Waals surface area contributed by atoms with Gasteiger partial charge in [0.05, 0.1) is 12.2 Å². The number of sulfonamides is 1. The summed E-state index contributed by atoms with van der Waals surface area (Å²) in [5.74, 6) is 0.767. The molecule has 1 N–H and O–H groups in total. The van der Waals surface area contributed by atoms with Gasteiger partial charge >= 0.3 is 0 Å². The molecule has 0 aliphatic carbocycles. The standard InChI is InChI=1S/C19H34N6O3S/c1-2-20-19(21-8-11-23-9-5-3-4-6-10-23)24-12-14-25(15-13-24)29(26,27)17-18-7-16-28-22-18/h7,16H,2-6,8-15,17H2,1H3,(H,20,21). The van der Waals surface area contributed by atoms with Crippen LogP contribution in [0.3, 0.4) is 0 Å². The molecule has 3 heterocycles. The minimum absolute atomic E-state index is 0.118. The first-order valence-electron chi connectivity index (χ1n) is 10.7. The fourth-order valence-electron chi connectivity index (χ4n) is 3.85. The summed E-state index contributed by atoms with van der Waals surface area (Å²) in [6.07, 6.45) is 6.65. The van der Waals surface area contributed by atoms with Crippen LogP contribution in [-0.4, -0.2) is 92.5 Å². The molecule has 0 bridgehead atoms. The Morgan fingerprint density at radius 3 is 2.48 bits per heavy atom. The summed E-state index contributed by atoms with van der Waals surface area (Å²) >= 11 is 0. The van der Waals surface area contributed by atoms with Crippen LogP contribution in [0.2, 0.25) is 0 Å². The number of nitrogens with one attached hydrogen (secondary N) is 1. The second-order valence-corrected chi connectivity index (χ2v) is 9.59. The minimum Gasteiger partial charge on any atom is -0.364 e. The van der Waals surface area contributed by atoms with Crippen molar-refractivity contribution in [2.24, 2.45) is 4.99 Å². The van der Waals surface area contributed by atoms with Gasteiger partial charge in [-0.15, -0.1) is 0 Å². The van der Waals surface area contributed by atoms with E-state index in [-0.39, 0.29) is 5.75 Å². The van der Waals surface area contributed by atoms with Crippen molar-refractivity contribution >= 4 is 16.0 Å². The highest BCUT2D eigenvalue weighted by atomic mass is 32.2. The molecule has 3 rings (SSSR count). The topological polar surface area (TPSA) is 94.3 Å². The van der Waals surface area contributed by atoms with Gasteiger partial charge in [0.25, 0.3) is 0 Å². The maximum Gasteiger partial charge on any atom is 0.220 e. The van der Waals surface area contributed by atoms with Crippen molar-refractivity contribution in [3.05, 3.63) is 18.0 Å². The van der Waals surface area contributed by atoms with Gasteiger partial charge in [-0.25, -0.2) is 8.42 Å². The Morgan fingerprint density at radius 2 is 1.86 bits per heavy atom. The Bertz CT molecular complexity index is 721. The summed E-state index contributed by atoms with van der Waals surface area (Å²) in [6, 6.07) is 1.59. The minimum atomic E-state index is -3.39. The number of hydrogen-bond acceptors (Lipinski definition) is 6. The first kappa shape index (κ1) is 22.0. The van der Waals surface area contributed by atoms with E-state index in [9.17, 15) is 8.42 Å². The van der Waals surface area contributed by atoms with Gasteiger partial charge < -0.3 is 19.6 Å². The Morgan fingerprint density at radius 1 is 1.14 bits per heavy atom. The smallest absolute Gasteiger partial charge is 0.220 e. The van der Waals surface area contributed by atoms with Gasteiger partial charge in [-0.1, -0.05) is 18.0 Å². The van der Waals surface area contributed by atoms with Crippen LogP contribution < -0.4 is 5.32 Å². The van der Waals surface area contributed by atoms with Crippen LogP contribution >= 0.6 is 0 Å². The van der Waals surface area contributed by atoms with Gasteiger partial charge in [0.15, 0.2) is 5.96 Å². The predicted molar refractivity (Wildman–Crippen MR) is 113 cm³/mol. The van der Waals surface area contributed by atoms with Crippen molar-refractivity contribution in [2.45, 2.75) is 38.4 Å². The maximum absolute atomic E-state index is 12.6. The SMILES string of the molecule is CCNC(=NCCN1CCCCCC1)N1CCN(S(=O)(=O)Cc2ccon2)CC1. The molecule has 2 aliphatic heterocycles. The molecule has 10 heteroatoms. The number of guanidine groups is 1. The first-order chi connectivity index (χ1) is 14.1. The third kappa shape index (κ3) is 6.68. The molecule has 0 amide bonds. The zero-order valence-corrected chi connectivity index (χ0v) is 18.2. The third-order valence-corrected chi connectivity index (χ3v) is 7.28. The molecular formula is C19H34N6O3S. The molecule has 1 aromatic rings. The molecular weight excluding hydrogens is 392 g/mol. The molecule has 0 atom stereocenters. The van der Waals surface area contributed by atoms with E-state index in [4.69, 9.17) is 9.52 Å². The second-order valence-electron chi connectivity index (χ2n) is 7.62. The summed E-state index contributed by atoms with van der Waals surface area (Å²) < 4.78 is 31.5. The normalized spacial score (nSPS) is 20.6. The molecule has 1 aromatic heterocycles. The fraction of sp³-hybridized carbons (Fsp3) is 0.789. The lowest BCUT2D eigenvalue weighted by Crippen LogP contribution is -2.54. The number of rotatable bonds is 7. The maximum atomic E-state index is 12.6. The summed E-state index contributed by atoms with van der Waals surface area (Å²) in [5.41, 5.74) is 0.441. The lowest BCUT2D eigenvalue weighted by Gasteiger charge is -2.35. The number of aliphatic imine (C=N–C) groups is 1. The van der Waals surface area contributed by atoms with Gasteiger partial charge in [-0.05, 0) is 32.9 Å². The highest BCUT2D eigenvalue weighted by Crippen LogP contribution is 2.13. The van der Waals surface area contributed by atoms with Crippen molar-refractivity contribution in [1.82, 2.24) is 24.6 Å². The summed E-state index contributed by atoms with van der Waals surface area (Å²) in [4.78, 5) is 9.48. The van der Waals surface area contributed by atoms with Gasteiger partial charge in [0.2, 0.25) is 10.0 Å². The number of nitrogens with zero attached hydrogens (tertiary/aromatic N) is 5. The van der Waals surface area contributed by atoms with Crippen LogP contribution in [0.4, 0.5) is 0 Å². The van der Waals surface area contributed by atoms with E-state index < -0.39 is 10.0 Å². The van der Waals surface area contributed by atoms with Crippen molar-refractivity contribution in [2.75, 3.05) is 58.9 Å². The van der Waals surface area contributed by atoms with Crippen LogP contribution in [0, 0.1) is 0 Å². The van der Waals surface area contributed by atoms with Crippen molar-refractivity contribution in [1.29, 1.82) is 0 Å². The van der Waals surface area contributed by atoms with E-state index in [1.54, 1.807) is 10.4 Å². The van der Waals surface area contributed by atoms with E-state index in [2.05, 4.69) is 27.2 Å². The van der Waals surface area contributed by atoms with Crippen LogP contribution in [0.25, 0.3) is 0 Å². The molecule has 2 saturated heterocycles. The van der Waals surface area contributed by atoms with Gasteiger partial charge in [-0.3, -0.25) is 4.99 Å². The van der Waals surface area contributed by atoms with E-state index in [0.717, 1.165) is 25.6 Å². The molecule has 29 heavy (non-hydrogen) atoms. The molecule has 2 fully saturated rings. The van der Waals surface area contributed by atoms with Crippen LogP contribution in [-0.2, 0) is 15.8 Å². The molecule has 0 unspecified atom stereocenters. The number of likely N-dealkylation sites (tertiary alicyclic amines) is 1. The number of hydrogen-bond donors (Lipinski definition) is 1. The van der Waals surface area contributed by atoms with Crippen molar-refractivity contribution < 1.29 is 12.9 Å². The largest absolute Gasteiger partial charge is 0.364 e. The lowest BCUT2D eigenvalue weighted by molar-refractivity contribution is 0.258. The van der Waals surface area contributed by atoms with Crippen molar-refractivity contribution in [3.8, 4) is 0 Å². The summed E-state index contributed by atoms with van der Waals surface area (Å²) in [5, 5.41) is 7.08. The number of piperazine rings is 1. The van der Waals surface area contributed by atoms with Gasteiger partial charge in [0.1, 0.15) is 12.0 Å². The fourth-order valence-corrected chi connectivity index (χ4v) is 5.28. The quantitative estimate of drug-likeness (QED) is 0.513. The average Bonchev–Trinajstić information content (AvgIpc) is 3.07. The summed E-state index contributed by atoms with van der Waals surface area (Å²) in [7, 11) is -3.39. The van der Waals surface area contributed by atoms with E-state index >= 15 is 0 Å². The van der Waals surface area contributed by atoms with Crippen molar-refractivity contribution in [3.63, 3.8) is 0 Å². The molecule has 0 aromatic carbocycles. The molecule has 2 aliphatic rings. The average molecular weight is 427 g/mol. The van der Waals surface area contributed by atoms with Gasteiger partial charge in [-0.2, -0.15) is 4.31 Å². The number of aromatic nitrogens is 1. The highest BCUT2D eigenvalue weighted by molar-refractivity contribution is 7.88. The Labute approximate surface area is 174 Å². The Hall–Kier alpha value is -1.65. The first-order valence-corrected chi connectivity index (χ1v) is 12.3. The predicted octanol–water partition coefficient (Wildman–Crippen LogP) is 0.964. The van der Waals surface area contributed by atoms with E-state index in [1.165, 1.54) is 45.0 Å². The van der Waals surface area contributed by atoms with E-state index in [1.807, 2.05) is 0 Å². The van der Waals surface area contributed by atoms with Crippen LogP contribution in [0.1, 0.15) is 38.3 Å². The van der Waals surface area contributed by atoms with E-state index in [0.29, 0.717) is 31.9 Å². The van der Waals surface area contributed by atoms with Gasteiger partial charge in [0, 0.05) is 45.3 Å². The molecule has 0 saturated carbocycles. The Balaban J connectivity index is 1.50. The highest BCUT2D eigenvalue weighted by Gasteiger charge is 2.29. The monoisotopic (exact) mass is 426 g/mol. The molecule has 0 spiro atoms. The lowest BCUT2D eigenvalue weighted by atomic mass is 10.2. The molecule has 164 valence electrons. The zero-order valence-electron chi connectivity index (χ0n) is 17.4.